The molecule has 0 aromatic heterocycles. The molecule has 4 nitrogen and oxygen atoms in total. The lowest BCUT2D eigenvalue weighted by Crippen LogP contribution is -2.21. The van der Waals surface area contributed by atoms with E-state index >= 15 is 0 Å². The molecule has 4 heteroatoms. The number of hydrogen-bond acceptors (Lipinski definition) is 3. The second kappa shape index (κ2) is 8.42. The van der Waals surface area contributed by atoms with Crippen LogP contribution in [0.3, 0.4) is 0 Å². The number of rotatable bonds is 7. The molecule has 0 N–H and O–H groups in total. The molecule has 0 aliphatic carbocycles. The van der Waals surface area contributed by atoms with Gasteiger partial charge in [-0.05, 0) is 33.9 Å². The van der Waals surface area contributed by atoms with E-state index < -0.39 is 0 Å². The Morgan fingerprint density at radius 3 is 2.56 bits per heavy atom. The molecule has 2 atom stereocenters. The zero-order chi connectivity index (χ0) is 12.6. The predicted molar refractivity (Wildman–Crippen MR) is 66.9 cm³/mol. The SMILES string of the molecule is CCOC(C)C(C)CC(=O)N=CCN(C)C. The van der Waals surface area contributed by atoms with E-state index in [1.54, 1.807) is 6.21 Å². The summed E-state index contributed by atoms with van der Waals surface area (Å²) in [5.74, 6) is 0.143. The highest BCUT2D eigenvalue weighted by atomic mass is 16.5. The molecule has 94 valence electrons. The van der Waals surface area contributed by atoms with Gasteiger partial charge in [-0.25, -0.2) is 4.99 Å². The van der Waals surface area contributed by atoms with Crippen LogP contribution in [-0.2, 0) is 9.53 Å². The van der Waals surface area contributed by atoms with Crippen molar-refractivity contribution in [3.05, 3.63) is 0 Å². The third-order valence-electron chi connectivity index (χ3n) is 2.41. The third-order valence-corrected chi connectivity index (χ3v) is 2.41. The van der Waals surface area contributed by atoms with E-state index in [1.165, 1.54) is 0 Å². The summed E-state index contributed by atoms with van der Waals surface area (Å²) in [6, 6.07) is 0. The fourth-order valence-corrected chi connectivity index (χ4v) is 1.23. The molecule has 0 saturated carbocycles. The quantitative estimate of drug-likeness (QED) is 0.621. The molecule has 0 rings (SSSR count). The van der Waals surface area contributed by atoms with E-state index in [2.05, 4.69) is 4.99 Å². The minimum Gasteiger partial charge on any atom is -0.379 e. The zero-order valence-electron chi connectivity index (χ0n) is 11.1. The molecular weight excluding hydrogens is 204 g/mol. The first kappa shape index (κ1) is 15.3. The van der Waals surface area contributed by atoms with Crippen LogP contribution in [-0.4, -0.2) is 50.4 Å². The maximum absolute atomic E-state index is 11.5. The molecule has 0 spiro atoms. The lowest BCUT2D eigenvalue weighted by molar-refractivity contribution is -0.119. The number of ether oxygens (including phenoxy) is 1. The highest BCUT2D eigenvalue weighted by molar-refractivity contribution is 5.85. The second-order valence-corrected chi connectivity index (χ2v) is 4.31. The molecule has 16 heavy (non-hydrogen) atoms. The van der Waals surface area contributed by atoms with Gasteiger partial charge in [0.15, 0.2) is 0 Å². The molecule has 0 aromatic carbocycles. The van der Waals surface area contributed by atoms with Crippen molar-refractivity contribution in [3.8, 4) is 0 Å². The van der Waals surface area contributed by atoms with Crippen LogP contribution in [0.4, 0.5) is 0 Å². The Kier molecular flexibility index (Phi) is 8.03. The predicted octanol–water partition coefficient (Wildman–Crippen LogP) is 1.60. The van der Waals surface area contributed by atoms with Crippen molar-refractivity contribution in [1.82, 2.24) is 4.90 Å². The van der Waals surface area contributed by atoms with Gasteiger partial charge in [-0.15, -0.1) is 0 Å². The van der Waals surface area contributed by atoms with Crippen LogP contribution < -0.4 is 0 Å². The Morgan fingerprint density at radius 2 is 2.06 bits per heavy atom. The fourth-order valence-electron chi connectivity index (χ4n) is 1.23. The Balaban J connectivity index is 3.90. The first-order chi connectivity index (χ1) is 7.47. The summed E-state index contributed by atoms with van der Waals surface area (Å²) in [7, 11) is 3.88. The summed E-state index contributed by atoms with van der Waals surface area (Å²) in [6.45, 7) is 7.34. The molecule has 0 aliphatic rings. The number of amides is 1. The fraction of sp³-hybridized carbons (Fsp3) is 0.833. The molecule has 1 amide bonds. The second-order valence-electron chi connectivity index (χ2n) is 4.31. The highest BCUT2D eigenvalue weighted by Gasteiger charge is 2.15. The van der Waals surface area contributed by atoms with Gasteiger partial charge < -0.3 is 9.64 Å². The number of nitrogens with zero attached hydrogens (tertiary/aromatic N) is 2. The van der Waals surface area contributed by atoms with Gasteiger partial charge in [-0.1, -0.05) is 6.92 Å². The standard InChI is InChI=1S/C12H24N2O2/c1-6-16-11(3)10(2)9-12(15)13-7-8-14(4)5/h7,10-11H,6,8-9H2,1-5H3. The minimum atomic E-state index is -0.0686. The summed E-state index contributed by atoms with van der Waals surface area (Å²) in [5.41, 5.74) is 0. The van der Waals surface area contributed by atoms with E-state index in [4.69, 9.17) is 4.74 Å². The van der Waals surface area contributed by atoms with Gasteiger partial charge in [0.05, 0.1) is 6.10 Å². The van der Waals surface area contributed by atoms with Gasteiger partial charge in [0, 0.05) is 25.8 Å². The molecule has 0 aliphatic heterocycles. The summed E-state index contributed by atoms with van der Waals surface area (Å²) in [4.78, 5) is 17.3. The minimum absolute atomic E-state index is 0.0686. The Labute approximate surface area is 98.7 Å². The summed E-state index contributed by atoms with van der Waals surface area (Å²) >= 11 is 0. The zero-order valence-corrected chi connectivity index (χ0v) is 11.1. The maximum atomic E-state index is 11.5. The van der Waals surface area contributed by atoms with Crippen molar-refractivity contribution >= 4 is 12.1 Å². The number of carbonyl (C=O) groups is 1. The van der Waals surface area contributed by atoms with Gasteiger partial charge in [0.25, 0.3) is 0 Å². The van der Waals surface area contributed by atoms with E-state index in [9.17, 15) is 4.79 Å². The Morgan fingerprint density at radius 1 is 1.44 bits per heavy atom. The van der Waals surface area contributed by atoms with Crippen LogP contribution in [0.1, 0.15) is 27.2 Å². The van der Waals surface area contributed by atoms with Crippen LogP contribution in [0.2, 0.25) is 0 Å². The molecular formula is C12H24N2O2. The third kappa shape index (κ3) is 7.54. The summed E-state index contributed by atoms with van der Waals surface area (Å²) < 4.78 is 5.43. The molecule has 0 fully saturated rings. The van der Waals surface area contributed by atoms with Gasteiger partial charge in [0.2, 0.25) is 5.91 Å². The topological polar surface area (TPSA) is 41.9 Å². The van der Waals surface area contributed by atoms with Crippen LogP contribution >= 0.6 is 0 Å². The molecule has 0 aromatic rings. The number of aliphatic imine (C=N–C) groups is 1. The number of carbonyl (C=O) groups excluding carboxylic acids is 1. The molecule has 2 unspecified atom stereocenters. The Hall–Kier alpha value is -0.740. The van der Waals surface area contributed by atoms with Crippen molar-refractivity contribution in [2.24, 2.45) is 10.9 Å². The van der Waals surface area contributed by atoms with Crippen LogP contribution in [0.15, 0.2) is 4.99 Å². The summed E-state index contributed by atoms with van der Waals surface area (Å²) in [6.07, 6.45) is 2.21. The van der Waals surface area contributed by atoms with Crippen molar-refractivity contribution < 1.29 is 9.53 Å². The van der Waals surface area contributed by atoms with Crippen molar-refractivity contribution in [2.45, 2.75) is 33.3 Å². The molecule has 0 heterocycles. The largest absolute Gasteiger partial charge is 0.379 e. The normalized spacial score (nSPS) is 15.6. The number of hydrogen-bond donors (Lipinski definition) is 0. The van der Waals surface area contributed by atoms with Gasteiger partial charge >= 0.3 is 0 Å². The van der Waals surface area contributed by atoms with Crippen molar-refractivity contribution in [1.29, 1.82) is 0 Å². The molecule has 0 bridgehead atoms. The van der Waals surface area contributed by atoms with Crippen molar-refractivity contribution in [2.75, 3.05) is 27.2 Å². The van der Waals surface area contributed by atoms with Crippen LogP contribution in [0.5, 0.6) is 0 Å². The van der Waals surface area contributed by atoms with Gasteiger partial charge in [-0.2, -0.15) is 0 Å². The van der Waals surface area contributed by atoms with E-state index in [0.29, 0.717) is 19.6 Å². The monoisotopic (exact) mass is 228 g/mol. The first-order valence-electron chi connectivity index (χ1n) is 5.79. The maximum Gasteiger partial charge on any atom is 0.245 e. The highest BCUT2D eigenvalue weighted by Crippen LogP contribution is 2.11. The van der Waals surface area contributed by atoms with Crippen LogP contribution in [0, 0.1) is 5.92 Å². The lowest BCUT2D eigenvalue weighted by Gasteiger charge is -2.18. The Bertz CT molecular complexity index is 227. The van der Waals surface area contributed by atoms with Crippen molar-refractivity contribution in [3.63, 3.8) is 0 Å². The smallest absolute Gasteiger partial charge is 0.245 e. The van der Waals surface area contributed by atoms with E-state index in [-0.39, 0.29) is 17.9 Å². The van der Waals surface area contributed by atoms with E-state index in [0.717, 1.165) is 0 Å². The van der Waals surface area contributed by atoms with E-state index in [1.807, 2.05) is 39.8 Å². The average molecular weight is 228 g/mol. The van der Waals surface area contributed by atoms with Gasteiger partial charge in [0.1, 0.15) is 0 Å². The molecule has 0 radical (unpaired) electrons. The first-order valence-corrected chi connectivity index (χ1v) is 5.79. The van der Waals surface area contributed by atoms with Gasteiger partial charge in [-0.3, -0.25) is 4.79 Å². The lowest BCUT2D eigenvalue weighted by atomic mass is 10.0. The average Bonchev–Trinajstić information content (AvgIpc) is 2.17. The summed E-state index contributed by atoms with van der Waals surface area (Å²) in [5, 5.41) is 0. The van der Waals surface area contributed by atoms with Crippen LogP contribution in [0.25, 0.3) is 0 Å². The molecule has 0 saturated heterocycles.